The van der Waals surface area contributed by atoms with Crippen LogP contribution in [0.4, 0.5) is 0 Å². The molecule has 2 rings (SSSR count). The average molecular weight is 244 g/mol. The molecule has 0 unspecified atom stereocenters. The number of hydrogen-bond donors (Lipinski definition) is 2. The van der Waals surface area contributed by atoms with Gasteiger partial charge in [0.25, 0.3) is 5.56 Å². The Kier molecular flexibility index (Phi) is 4.20. The van der Waals surface area contributed by atoms with E-state index >= 15 is 0 Å². The fourth-order valence-electron chi connectivity index (χ4n) is 1.60. The summed E-state index contributed by atoms with van der Waals surface area (Å²) in [5.74, 6) is 0.548. The summed E-state index contributed by atoms with van der Waals surface area (Å²) in [7, 11) is 0. The third-order valence-electron chi connectivity index (χ3n) is 2.55. The molecule has 0 saturated heterocycles. The summed E-state index contributed by atoms with van der Waals surface area (Å²) in [6.07, 6.45) is 6.01. The van der Waals surface area contributed by atoms with Crippen LogP contribution in [0.25, 0.3) is 11.4 Å². The Balaban J connectivity index is 2.18. The van der Waals surface area contributed by atoms with Crippen LogP contribution in [0.2, 0.25) is 0 Å². The van der Waals surface area contributed by atoms with E-state index in [1.807, 2.05) is 12.1 Å². The smallest absolute Gasteiger partial charge is 0.255 e. The highest BCUT2D eigenvalue weighted by atomic mass is 16.1. The van der Waals surface area contributed by atoms with E-state index in [0.717, 1.165) is 18.5 Å². The lowest BCUT2D eigenvalue weighted by atomic mass is 10.2. The first-order chi connectivity index (χ1) is 8.81. The maximum Gasteiger partial charge on any atom is 0.255 e. The SMILES string of the molecule is CCCNCc1cnc(-c2cccnc2)[nH]c1=O. The van der Waals surface area contributed by atoms with Crippen LogP contribution in [-0.2, 0) is 6.54 Å². The standard InChI is InChI=1S/C13H16N4O/c1-2-5-14-8-11-9-16-12(17-13(11)18)10-4-3-6-15-7-10/h3-4,6-7,9,14H,2,5,8H2,1H3,(H,16,17,18). The fourth-order valence-corrected chi connectivity index (χ4v) is 1.60. The Morgan fingerprint density at radius 1 is 1.39 bits per heavy atom. The molecule has 0 radical (unpaired) electrons. The predicted octanol–water partition coefficient (Wildman–Crippen LogP) is 1.33. The molecule has 0 atom stereocenters. The van der Waals surface area contributed by atoms with Crippen molar-refractivity contribution in [2.75, 3.05) is 6.54 Å². The minimum atomic E-state index is -0.104. The molecule has 2 N–H and O–H groups in total. The molecule has 0 aliphatic heterocycles. The molecule has 0 aliphatic rings. The number of rotatable bonds is 5. The molecule has 0 amide bonds. The molecule has 0 spiro atoms. The van der Waals surface area contributed by atoms with Crippen LogP contribution < -0.4 is 10.9 Å². The summed E-state index contributed by atoms with van der Waals surface area (Å²) in [4.78, 5) is 22.9. The van der Waals surface area contributed by atoms with E-state index in [-0.39, 0.29) is 5.56 Å². The van der Waals surface area contributed by atoms with Crippen molar-refractivity contribution in [2.24, 2.45) is 0 Å². The van der Waals surface area contributed by atoms with Crippen LogP contribution >= 0.6 is 0 Å². The third-order valence-corrected chi connectivity index (χ3v) is 2.55. The van der Waals surface area contributed by atoms with E-state index < -0.39 is 0 Å². The maximum absolute atomic E-state index is 11.9. The minimum Gasteiger partial charge on any atom is -0.312 e. The lowest BCUT2D eigenvalue weighted by Gasteiger charge is -2.04. The second kappa shape index (κ2) is 6.07. The van der Waals surface area contributed by atoms with Crippen LogP contribution in [0.5, 0.6) is 0 Å². The third kappa shape index (κ3) is 3.01. The number of pyridine rings is 1. The van der Waals surface area contributed by atoms with Gasteiger partial charge in [-0.25, -0.2) is 4.98 Å². The molecule has 18 heavy (non-hydrogen) atoms. The average Bonchev–Trinajstić information content (AvgIpc) is 2.42. The zero-order chi connectivity index (χ0) is 12.8. The molecule has 0 saturated carbocycles. The fraction of sp³-hybridized carbons (Fsp3) is 0.308. The molecule has 0 bridgehead atoms. The van der Waals surface area contributed by atoms with Gasteiger partial charge in [-0.05, 0) is 25.1 Å². The van der Waals surface area contributed by atoms with Crippen molar-refractivity contribution in [1.29, 1.82) is 0 Å². The van der Waals surface area contributed by atoms with Gasteiger partial charge in [0, 0.05) is 36.3 Å². The summed E-state index contributed by atoms with van der Waals surface area (Å²) in [6.45, 7) is 3.52. The normalized spacial score (nSPS) is 10.5. The lowest BCUT2D eigenvalue weighted by Crippen LogP contribution is -2.22. The number of nitrogens with one attached hydrogen (secondary N) is 2. The van der Waals surface area contributed by atoms with Crippen LogP contribution in [0, 0.1) is 0 Å². The second-order valence-corrected chi connectivity index (χ2v) is 4.00. The minimum absolute atomic E-state index is 0.104. The summed E-state index contributed by atoms with van der Waals surface area (Å²) in [5.41, 5.74) is 1.35. The van der Waals surface area contributed by atoms with Gasteiger partial charge in [-0.1, -0.05) is 6.92 Å². The number of H-pyrrole nitrogens is 1. The number of nitrogens with zero attached hydrogens (tertiary/aromatic N) is 2. The first-order valence-electron chi connectivity index (χ1n) is 6.00. The quantitative estimate of drug-likeness (QED) is 0.778. The maximum atomic E-state index is 11.9. The summed E-state index contributed by atoms with van der Waals surface area (Å²) < 4.78 is 0. The number of hydrogen-bond acceptors (Lipinski definition) is 4. The molecule has 0 aliphatic carbocycles. The molecule has 2 heterocycles. The van der Waals surface area contributed by atoms with Crippen LogP contribution in [0.15, 0.2) is 35.5 Å². The molecule has 0 aromatic carbocycles. The summed E-state index contributed by atoms with van der Waals surface area (Å²) >= 11 is 0. The van der Waals surface area contributed by atoms with Crippen molar-refractivity contribution in [1.82, 2.24) is 20.3 Å². The van der Waals surface area contributed by atoms with Gasteiger partial charge >= 0.3 is 0 Å². The Labute approximate surface area is 105 Å². The highest BCUT2D eigenvalue weighted by Gasteiger charge is 2.04. The largest absolute Gasteiger partial charge is 0.312 e. The lowest BCUT2D eigenvalue weighted by molar-refractivity contribution is 0.668. The van der Waals surface area contributed by atoms with Gasteiger partial charge in [0.1, 0.15) is 5.82 Å². The Morgan fingerprint density at radius 2 is 2.28 bits per heavy atom. The highest BCUT2D eigenvalue weighted by molar-refractivity contribution is 5.52. The summed E-state index contributed by atoms with van der Waals surface area (Å²) in [6, 6.07) is 3.67. The topological polar surface area (TPSA) is 70.7 Å². The Hall–Kier alpha value is -2.01. The van der Waals surface area contributed by atoms with Crippen molar-refractivity contribution in [2.45, 2.75) is 19.9 Å². The van der Waals surface area contributed by atoms with E-state index in [4.69, 9.17) is 0 Å². The molecule has 94 valence electrons. The molecular formula is C13H16N4O. The second-order valence-electron chi connectivity index (χ2n) is 4.00. The van der Waals surface area contributed by atoms with E-state index in [9.17, 15) is 4.79 Å². The van der Waals surface area contributed by atoms with Crippen molar-refractivity contribution < 1.29 is 0 Å². The van der Waals surface area contributed by atoms with E-state index in [0.29, 0.717) is 17.9 Å². The van der Waals surface area contributed by atoms with Gasteiger partial charge < -0.3 is 10.3 Å². The first kappa shape index (κ1) is 12.4. The monoisotopic (exact) mass is 244 g/mol. The van der Waals surface area contributed by atoms with E-state index in [1.165, 1.54) is 0 Å². The van der Waals surface area contributed by atoms with E-state index in [1.54, 1.807) is 18.6 Å². The summed E-state index contributed by atoms with van der Waals surface area (Å²) in [5, 5.41) is 3.18. The van der Waals surface area contributed by atoms with Gasteiger partial charge in [0.05, 0.1) is 0 Å². The Bertz CT molecular complexity index is 550. The van der Waals surface area contributed by atoms with Crippen molar-refractivity contribution in [3.8, 4) is 11.4 Å². The van der Waals surface area contributed by atoms with Gasteiger partial charge in [0.15, 0.2) is 0 Å². The van der Waals surface area contributed by atoms with Gasteiger partial charge in [-0.3, -0.25) is 9.78 Å². The first-order valence-corrected chi connectivity index (χ1v) is 6.00. The zero-order valence-electron chi connectivity index (χ0n) is 10.3. The Morgan fingerprint density at radius 3 is 2.94 bits per heavy atom. The van der Waals surface area contributed by atoms with Crippen molar-refractivity contribution >= 4 is 0 Å². The molecule has 0 fully saturated rings. The molecule has 2 aromatic rings. The van der Waals surface area contributed by atoms with Gasteiger partial charge in [-0.2, -0.15) is 0 Å². The molecular weight excluding hydrogens is 228 g/mol. The predicted molar refractivity (Wildman–Crippen MR) is 70.1 cm³/mol. The van der Waals surface area contributed by atoms with Gasteiger partial charge in [-0.15, -0.1) is 0 Å². The van der Waals surface area contributed by atoms with Crippen molar-refractivity contribution in [3.05, 3.63) is 46.6 Å². The zero-order valence-corrected chi connectivity index (χ0v) is 10.3. The van der Waals surface area contributed by atoms with E-state index in [2.05, 4.69) is 27.2 Å². The molecule has 5 nitrogen and oxygen atoms in total. The number of aromatic nitrogens is 3. The molecule has 2 aromatic heterocycles. The van der Waals surface area contributed by atoms with Crippen LogP contribution in [-0.4, -0.2) is 21.5 Å². The highest BCUT2D eigenvalue weighted by Crippen LogP contribution is 2.09. The van der Waals surface area contributed by atoms with Crippen molar-refractivity contribution in [3.63, 3.8) is 0 Å². The number of aromatic amines is 1. The van der Waals surface area contributed by atoms with Crippen LogP contribution in [0.1, 0.15) is 18.9 Å². The van der Waals surface area contributed by atoms with Crippen LogP contribution in [0.3, 0.4) is 0 Å². The molecule has 5 heteroatoms. The van der Waals surface area contributed by atoms with Gasteiger partial charge in [0.2, 0.25) is 0 Å².